The SMILES string of the molecule is C[C@@H]1CN(c2ncc(/C=N\NC(=O)c3ccccc3O)s2)C[C@@H](C)O1. The molecular weight excluding hydrogens is 340 g/mol. The third-order valence-corrected chi connectivity index (χ3v) is 4.70. The van der Waals surface area contributed by atoms with E-state index >= 15 is 0 Å². The number of para-hydroxylation sites is 1. The van der Waals surface area contributed by atoms with E-state index in [9.17, 15) is 9.90 Å². The van der Waals surface area contributed by atoms with E-state index in [1.165, 1.54) is 23.5 Å². The number of hydrogen-bond donors (Lipinski definition) is 2. The van der Waals surface area contributed by atoms with Gasteiger partial charge < -0.3 is 14.7 Å². The van der Waals surface area contributed by atoms with Gasteiger partial charge in [0.15, 0.2) is 5.13 Å². The van der Waals surface area contributed by atoms with Gasteiger partial charge in [0.25, 0.3) is 5.91 Å². The van der Waals surface area contributed by atoms with Gasteiger partial charge in [0.2, 0.25) is 0 Å². The molecule has 132 valence electrons. The molecule has 7 nitrogen and oxygen atoms in total. The number of anilines is 1. The predicted molar refractivity (Wildman–Crippen MR) is 97.5 cm³/mol. The van der Waals surface area contributed by atoms with Crippen LogP contribution in [0.5, 0.6) is 5.75 Å². The number of carbonyl (C=O) groups is 1. The summed E-state index contributed by atoms with van der Waals surface area (Å²) in [5.41, 5.74) is 2.59. The molecule has 2 N–H and O–H groups in total. The zero-order valence-electron chi connectivity index (χ0n) is 14.0. The van der Waals surface area contributed by atoms with Gasteiger partial charge >= 0.3 is 0 Å². The lowest BCUT2D eigenvalue weighted by atomic mass is 10.2. The molecular formula is C17H20N4O3S. The number of benzene rings is 1. The average Bonchev–Trinajstić information content (AvgIpc) is 3.03. The lowest BCUT2D eigenvalue weighted by Crippen LogP contribution is -2.45. The molecule has 1 aliphatic rings. The lowest BCUT2D eigenvalue weighted by Gasteiger charge is -2.35. The number of rotatable bonds is 4. The number of phenols is 1. The topological polar surface area (TPSA) is 87.1 Å². The van der Waals surface area contributed by atoms with Gasteiger partial charge in [0, 0.05) is 19.3 Å². The van der Waals surface area contributed by atoms with Crippen LogP contribution in [0.3, 0.4) is 0 Å². The highest BCUT2D eigenvalue weighted by Gasteiger charge is 2.24. The number of aromatic nitrogens is 1. The number of phenolic OH excluding ortho intramolecular Hbond substituents is 1. The number of aromatic hydroxyl groups is 1. The molecule has 0 unspecified atom stereocenters. The Labute approximate surface area is 150 Å². The maximum absolute atomic E-state index is 12.0. The van der Waals surface area contributed by atoms with Crippen LogP contribution in [0.25, 0.3) is 0 Å². The molecule has 1 saturated heterocycles. The smallest absolute Gasteiger partial charge is 0.275 e. The molecule has 0 spiro atoms. The molecule has 2 aromatic rings. The first-order valence-corrected chi connectivity index (χ1v) is 8.82. The number of carbonyl (C=O) groups excluding carboxylic acids is 1. The first-order valence-electron chi connectivity index (χ1n) is 8.00. The Hall–Kier alpha value is -2.45. The molecule has 0 radical (unpaired) electrons. The highest BCUT2D eigenvalue weighted by molar-refractivity contribution is 7.17. The second kappa shape index (κ2) is 7.62. The van der Waals surface area contributed by atoms with Crippen LogP contribution >= 0.6 is 11.3 Å². The Kier molecular flexibility index (Phi) is 5.30. The molecule has 0 saturated carbocycles. The molecule has 8 heteroatoms. The number of amides is 1. The Morgan fingerprint density at radius 2 is 2.12 bits per heavy atom. The van der Waals surface area contributed by atoms with Gasteiger partial charge in [0.05, 0.1) is 28.9 Å². The molecule has 25 heavy (non-hydrogen) atoms. The van der Waals surface area contributed by atoms with Gasteiger partial charge in [-0.3, -0.25) is 4.79 Å². The number of nitrogens with one attached hydrogen (secondary N) is 1. The fourth-order valence-electron chi connectivity index (χ4n) is 2.70. The zero-order valence-corrected chi connectivity index (χ0v) is 14.9. The van der Waals surface area contributed by atoms with Crippen LogP contribution in [0.15, 0.2) is 35.6 Å². The van der Waals surface area contributed by atoms with Crippen molar-refractivity contribution < 1.29 is 14.6 Å². The first-order chi connectivity index (χ1) is 12.0. The standard InChI is InChI=1S/C17H20N4O3S/c1-11-9-21(10-12(2)24-11)17-18-7-13(25-17)8-19-20-16(23)14-5-3-4-6-15(14)22/h3-8,11-12,22H,9-10H2,1-2H3,(H,20,23)/b19-8-/t11-,12-/m1/s1. The molecule has 1 fully saturated rings. The average molecular weight is 360 g/mol. The summed E-state index contributed by atoms with van der Waals surface area (Å²) < 4.78 is 5.73. The van der Waals surface area contributed by atoms with Gasteiger partial charge in [-0.05, 0) is 26.0 Å². The Morgan fingerprint density at radius 1 is 1.40 bits per heavy atom. The number of thiazole rings is 1. The second-order valence-corrected chi connectivity index (χ2v) is 6.96. The van der Waals surface area contributed by atoms with Crippen LogP contribution in [0.2, 0.25) is 0 Å². The fraction of sp³-hybridized carbons (Fsp3) is 0.353. The fourth-order valence-corrected chi connectivity index (χ4v) is 3.50. The first kappa shape index (κ1) is 17.4. The number of ether oxygens (including phenoxy) is 1. The van der Waals surface area contributed by atoms with Crippen LogP contribution in [0.4, 0.5) is 5.13 Å². The summed E-state index contributed by atoms with van der Waals surface area (Å²) in [5.74, 6) is -0.541. The summed E-state index contributed by atoms with van der Waals surface area (Å²) in [6.07, 6.45) is 3.61. The summed E-state index contributed by atoms with van der Waals surface area (Å²) in [6.45, 7) is 5.71. The minimum atomic E-state index is -0.463. The number of hydrogen-bond acceptors (Lipinski definition) is 7. The van der Waals surface area contributed by atoms with Crippen molar-refractivity contribution in [2.45, 2.75) is 26.1 Å². The minimum Gasteiger partial charge on any atom is -0.507 e. The van der Waals surface area contributed by atoms with Crippen molar-refractivity contribution >= 4 is 28.6 Å². The third kappa shape index (κ3) is 4.34. The number of nitrogens with zero attached hydrogens (tertiary/aromatic N) is 3. The van der Waals surface area contributed by atoms with Crippen LogP contribution in [0, 0.1) is 0 Å². The quantitative estimate of drug-likeness (QED) is 0.645. The number of morpholine rings is 1. The molecule has 0 bridgehead atoms. The van der Waals surface area contributed by atoms with Crippen molar-refractivity contribution in [2.24, 2.45) is 5.10 Å². The molecule has 1 amide bonds. The maximum Gasteiger partial charge on any atom is 0.275 e. The predicted octanol–water partition coefficient (Wildman–Crippen LogP) is 2.23. The Morgan fingerprint density at radius 3 is 2.84 bits per heavy atom. The molecule has 1 aromatic heterocycles. The van der Waals surface area contributed by atoms with Crippen molar-refractivity contribution in [2.75, 3.05) is 18.0 Å². The highest BCUT2D eigenvalue weighted by atomic mass is 32.1. The molecule has 2 atom stereocenters. The summed E-state index contributed by atoms with van der Waals surface area (Å²) in [5, 5.41) is 14.5. The van der Waals surface area contributed by atoms with Gasteiger partial charge in [0.1, 0.15) is 5.75 Å². The molecule has 1 aliphatic heterocycles. The number of hydrazone groups is 1. The van der Waals surface area contributed by atoms with Crippen molar-refractivity contribution in [3.63, 3.8) is 0 Å². The van der Waals surface area contributed by atoms with E-state index in [2.05, 4.69) is 20.4 Å². The van der Waals surface area contributed by atoms with Crippen molar-refractivity contribution in [3.8, 4) is 5.75 Å². The van der Waals surface area contributed by atoms with Crippen LogP contribution in [0.1, 0.15) is 29.1 Å². The Balaban J connectivity index is 1.60. The largest absolute Gasteiger partial charge is 0.507 e. The van der Waals surface area contributed by atoms with Gasteiger partial charge in [-0.2, -0.15) is 5.10 Å². The van der Waals surface area contributed by atoms with Crippen molar-refractivity contribution in [3.05, 3.63) is 40.9 Å². The lowest BCUT2D eigenvalue weighted by molar-refractivity contribution is -0.00522. The van der Waals surface area contributed by atoms with Crippen LogP contribution in [-0.4, -0.2) is 47.5 Å². The molecule has 2 heterocycles. The monoisotopic (exact) mass is 360 g/mol. The van der Waals surface area contributed by atoms with Crippen LogP contribution < -0.4 is 10.3 Å². The minimum absolute atomic E-state index is 0.0779. The maximum atomic E-state index is 12.0. The van der Waals surface area contributed by atoms with Gasteiger partial charge in [-0.15, -0.1) is 0 Å². The zero-order chi connectivity index (χ0) is 17.8. The molecule has 3 rings (SSSR count). The van der Waals surface area contributed by atoms with E-state index in [0.717, 1.165) is 23.1 Å². The van der Waals surface area contributed by atoms with E-state index in [1.54, 1.807) is 24.5 Å². The Bertz CT molecular complexity index is 767. The summed E-state index contributed by atoms with van der Waals surface area (Å²) >= 11 is 1.50. The van der Waals surface area contributed by atoms with Crippen molar-refractivity contribution in [1.29, 1.82) is 0 Å². The van der Waals surface area contributed by atoms with E-state index in [-0.39, 0.29) is 23.5 Å². The highest BCUT2D eigenvalue weighted by Crippen LogP contribution is 2.25. The van der Waals surface area contributed by atoms with E-state index in [0.29, 0.717) is 0 Å². The molecule has 1 aromatic carbocycles. The van der Waals surface area contributed by atoms with E-state index in [1.807, 2.05) is 13.8 Å². The normalized spacial score (nSPS) is 20.8. The summed E-state index contributed by atoms with van der Waals surface area (Å²) in [6, 6.07) is 6.32. The van der Waals surface area contributed by atoms with Crippen molar-refractivity contribution in [1.82, 2.24) is 10.4 Å². The van der Waals surface area contributed by atoms with Gasteiger partial charge in [-0.25, -0.2) is 10.4 Å². The van der Waals surface area contributed by atoms with Crippen LogP contribution in [-0.2, 0) is 4.74 Å². The summed E-state index contributed by atoms with van der Waals surface area (Å²) in [4.78, 5) is 19.4. The van der Waals surface area contributed by atoms with E-state index in [4.69, 9.17) is 4.74 Å². The summed E-state index contributed by atoms with van der Waals surface area (Å²) in [7, 11) is 0. The second-order valence-electron chi connectivity index (χ2n) is 5.92. The molecule has 0 aliphatic carbocycles. The van der Waals surface area contributed by atoms with E-state index < -0.39 is 5.91 Å². The van der Waals surface area contributed by atoms with Gasteiger partial charge in [-0.1, -0.05) is 23.5 Å². The third-order valence-electron chi connectivity index (χ3n) is 3.71.